The Morgan fingerprint density at radius 2 is 1.90 bits per heavy atom. The van der Waals surface area contributed by atoms with Gasteiger partial charge in [-0.2, -0.15) is 0 Å². The van der Waals surface area contributed by atoms with E-state index in [9.17, 15) is 0 Å². The van der Waals surface area contributed by atoms with Crippen LogP contribution in [0.5, 0.6) is 0 Å². The highest BCUT2D eigenvalue weighted by Gasteiger charge is 2.20. The van der Waals surface area contributed by atoms with E-state index < -0.39 is 0 Å². The minimum Gasteiger partial charge on any atom is -0.463 e. The summed E-state index contributed by atoms with van der Waals surface area (Å²) in [5.74, 6) is 0.849. The van der Waals surface area contributed by atoms with Crippen molar-refractivity contribution in [2.24, 2.45) is 0 Å². The molecule has 7 aromatic rings. The molecule has 0 fully saturated rings. The van der Waals surface area contributed by atoms with Crippen LogP contribution in [0.1, 0.15) is 6.92 Å². The number of imidazole rings is 1. The Balaban J connectivity index is 1.60. The number of rotatable bonds is 2. The molecule has 0 bridgehead atoms. The third kappa shape index (κ3) is 1.91. The second kappa shape index (κ2) is 5.70. The van der Waals surface area contributed by atoms with Crippen molar-refractivity contribution >= 4 is 59.9 Å². The number of fused-ring (bicyclic) bond motifs is 9. The molecule has 2 aromatic carbocycles. The number of nitrogens with zero attached hydrogens (tertiary/aromatic N) is 4. The van der Waals surface area contributed by atoms with Crippen LogP contribution in [0.15, 0.2) is 71.0 Å². The average Bonchev–Trinajstić information content (AvgIpc) is 3.56. The van der Waals surface area contributed by atoms with Crippen molar-refractivity contribution in [1.82, 2.24) is 18.9 Å². The van der Waals surface area contributed by atoms with Gasteiger partial charge in [-0.05, 0) is 31.2 Å². The van der Waals surface area contributed by atoms with E-state index in [0.29, 0.717) is 0 Å². The summed E-state index contributed by atoms with van der Waals surface area (Å²) in [4.78, 5) is 10.3. The maximum absolute atomic E-state index is 6.15. The van der Waals surface area contributed by atoms with E-state index in [0.717, 1.165) is 44.6 Å². The Labute approximate surface area is 174 Å². The van der Waals surface area contributed by atoms with Gasteiger partial charge in [-0.3, -0.25) is 4.40 Å². The average molecular weight is 408 g/mol. The molecule has 0 aliphatic heterocycles. The largest absolute Gasteiger partial charge is 0.463 e. The molecule has 0 amide bonds. The van der Waals surface area contributed by atoms with Gasteiger partial charge in [0.2, 0.25) is 0 Å². The standard InChI is InChI=1S/C24H16N4OS/c1-2-27-18-6-4-3-5-15(18)16-11-14(7-8-19(16)27)22-20-17(12-29-22)23-25-9-10-28(23)24-21(20)26-13-30-24/h3-13H,2H2,1H3. The molecule has 144 valence electrons. The summed E-state index contributed by atoms with van der Waals surface area (Å²) in [6.07, 6.45) is 5.62. The Morgan fingerprint density at radius 1 is 1.00 bits per heavy atom. The van der Waals surface area contributed by atoms with Gasteiger partial charge in [-0.1, -0.05) is 18.2 Å². The zero-order valence-corrected chi connectivity index (χ0v) is 17.0. The molecule has 5 heterocycles. The fourth-order valence-electron chi connectivity index (χ4n) is 4.75. The van der Waals surface area contributed by atoms with Gasteiger partial charge in [0.15, 0.2) is 0 Å². The Bertz CT molecular complexity index is 1720. The third-order valence-electron chi connectivity index (χ3n) is 6.03. The van der Waals surface area contributed by atoms with Crippen LogP contribution in [-0.2, 0) is 6.54 Å². The summed E-state index contributed by atoms with van der Waals surface area (Å²) >= 11 is 1.62. The van der Waals surface area contributed by atoms with E-state index >= 15 is 0 Å². The van der Waals surface area contributed by atoms with Gasteiger partial charge in [0.1, 0.15) is 28.0 Å². The molecule has 5 aromatic heterocycles. The van der Waals surface area contributed by atoms with Crippen LogP contribution in [-0.4, -0.2) is 18.9 Å². The highest BCUT2D eigenvalue weighted by Crippen LogP contribution is 2.40. The molecule has 0 saturated heterocycles. The number of pyridine rings is 1. The first-order valence-corrected chi connectivity index (χ1v) is 10.8. The van der Waals surface area contributed by atoms with Gasteiger partial charge in [-0.15, -0.1) is 11.3 Å². The minimum absolute atomic E-state index is 0.849. The molecule has 6 heteroatoms. The van der Waals surface area contributed by atoms with Crippen molar-refractivity contribution in [2.75, 3.05) is 0 Å². The summed E-state index contributed by atoms with van der Waals surface area (Å²) < 4.78 is 10.6. The van der Waals surface area contributed by atoms with Crippen molar-refractivity contribution in [3.05, 3.63) is 66.6 Å². The van der Waals surface area contributed by atoms with Crippen molar-refractivity contribution in [2.45, 2.75) is 13.5 Å². The predicted octanol–water partition coefficient (Wildman–Crippen LogP) is 6.49. The first kappa shape index (κ1) is 16.2. The van der Waals surface area contributed by atoms with E-state index in [-0.39, 0.29) is 0 Å². The smallest absolute Gasteiger partial charge is 0.149 e. The lowest BCUT2D eigenvalue weighted by molar-refractivity contribution is 0.587. The van der Waals surface area contributed by atoms with E-state index in [4.69, 9.17) is 4.42 Å². The van der Waals surface area contributed by atoms with Crippen LogP contribution in [0.2, 0.25) is 0 Å². The number of furan rings is 1. The van der Waals surface area contributed by atoms with E-state index in [1.54, 1.807) is 11.3 Å². The van der Waals surface area contributed by atoms with E-state index in [1.165, 1.54) is 21.8 Å². The first-order chi connectivity index (χ1) is 14.8. The number of thiazole rings is 1. The minimum atomic E-state index is 0.849. The molecular weight excluding hydrogens is 392 g/mol. The molecule has 0 unspecified atom stereocenters. The van der Waals surface area contributed by atoms with Crippen LogP contribution in [0, 0.1) is 0 Å². The van der Waals surface area contributed by atoms with Crippen LogP contribution in [0.3, 0.4) is 0 Å². The monoisotopic (exact) mass is 408 g/mol. The molecule has 30 heavy (non-hydrogen) atoms. The summed E-state index contributed by atoms with van der Waals surface area (Å²) in [5, 5.41) is 4.53. The Kier molecular flexibility index (Phi) is 3.08. The number of aryl methyl sites for hydroxylation is 1. The van der Waals surface area contributed by atoms with Crippen molar-refractivity contribution in [3.8, 4) is 11.3 Å². The molecular formula is C24H16N4OS. The Morgan fingerprint density at radius 3 is 2.83 bits per heavy atom. The maximum Gasteiger partial charge on any atom is 0.149 e. The number of para-hydroxylation sites is 1. The van der Waals surface area contributed by atoms with Crippen LogP contribution in [0.25, 0.3) is 59.9 Å². The summed E-state index contributed by atoms with van der Waals surface area (Å²) in [5.41, 5.74) is 7.31. The normalized spacial score (nSPS) is 12.3. The van der Waals surface area contributed by atoms with Crippen LogP contribution >= 0.6 is 11.3 Å². The topological polar surface area (TPSA) is 48.3 Å². The maximum atomic E-state index is 6.15. The fraction of sp³-hybridized carbons (Fsp3) is 0.0833. The number of hydrogen-bond donors (Lipinski definition) is 0. The Hall–Kier alpha value is -3.64. The lowest BCUT2D eigenvalue weighted by Crippen LogP contribution is -1.92. The van der Waals surface area contributed by atoms with Gasteiger partial charge in [-0.25, -0.2) is 9.97 Å². The molecule has 0 N–H and O–H groups in total. The van der Waals surface area contributed by atoms with Crippen molar-refractivity contribution in [3.63, 3.8) is 0 Å². The molecule has 0 saturated carbocycles. The van der Waals surface area contributed by atoms with Gasteiger partial charge >= 0.3 is 0 Å². The van der Waals surface area contributed by atoms with Crippen LogP contribution in [0.4, 0.5) is 0 Å². The van der Waals surface area contributed by atoms with Crippen LogP contribution < -0.4 is 0 Å². The third-order valence-corrected chi connectivity index (χ3v) is 6.85. The van der Waals surface area contributed by atoms with Crippen molar-refractivity contribution < 1.29 is 4.42 Å². The van der Waals surface area contributed by atoms with Gasteiger partial charge in [0, 0.05) is 46.3 Å². The second-order valence-corrected chi connectivity index (χ2v) is 8.31. The first-order valence-electron chi connectivity index (χ1n) is 9.96. The molecule has 5 nitrogen and oxygen atoms in total. The fourth-order valence-corrected chi connectivity index (χ4v) is 5.54. The summed E-state index contributed by atoms with van der Waals surface area (Å²) in [7, 11) is 0. The number of benzene rings is 2. The quantitative estimate of drug-likeness (QED) is 0.329. The van der Waals surface area contributed by atoms with E-state index in [1.807, 2.05) is 24.2 Å². The molecule has 0 aliphatic carbocycles. The zero-order chi connectivity index (χ0) is 19.8. The number of aromatic nitrogens is 4. The lowest BCUT2D eigenvalue weighted by atomic mass is 10.0. The molecule has 0 radical (unpaired) electrons. The van der Waals surface area contributed by atoms with Gasteiger partial charge in [0.25, 0.3) is 0 Å². The van der Waals surface area contributed by atoms with Crippen molar-refractivity contribution in [1.29, 1.82) is 0 Å². The molecule has 0 aliphatic rings. The lowest BCUT2D eigenvalue weighted by Gasteiger charge is -2.04. The molecule has 0 atom stereocenters. The zero-order valence-electron chi connectivity index (χ0n) is 16.2. The second-order valence-electron chi connectivity index (χ2n) is 7.47. The van der Waals surface area contributed by atoms with Gasteiger partial charge < -0.3 is 8.98 Å². The summed E-state index contributed by atoms with van der Waals surface area (Å²) in [6, 6.07) is 15.2. The predicted molar refractivity (Wildman–Crippen MR) is 122 cm³/mol. The molecule has 0 spiro atoms. The van der Waals surface area contributed by atoms with E-state index in [2.05, 4.69) is 68.3 Å². The number of hydrogen-bond acceptors (Lipinski definition) is 4. The summed E-state index contributed by atoms with van der Waals surface area (Å²) in [6.45, 7) is 3.12. The molecule has 7 rings (SSSR count). The SMILES string of the molecule is CCn1c2ccccc2c2cc(-c3occ4c3c3ncsc3n3ccnc43)ccc21. The highest BCUT2D eigenvalue weighted by atomic mass is 32.1. The highest BCUT2D eigenvalue weighted by molar-refractivity contribution is 7.16. The van der Waals surface area contributed by atoms with Gasteiger partial charge in [0.05, 0.1) is 16.3 Å².